The number of nitrogens with zero attached hydrogens (tertiary/aromatic N) is 5. The van der Waals surface area contributed by atoms with Crippen LogP contribution in [-0.4, -0.2) is 55.3 Å². The van der Waals surface area contributed by atoms with Gasteiger partial charge in [-0.25, -0.2) is 4.98 Å². The smallest absolute Gasteiger partial charge is 0.307 e. The molecule has 3 rings (SSSR count). The highest BCUT2D eigenvalue weighted by Gasteiger charge is 2.34. The molecular formula is C22H35N7O2. The van der Waals surface area contributed by atoms with Gasteiger partial charge in [0.15, 0.2) is 5.82 Å². The van der Waals surface area contributed by atoms with Crippen molar-refractivity contribution in [2.45, 2.75) is 64.8 Å². The maximum Gasteiger partial charge on any atom is 0.307 e. The Morgan fingerprint density at radius 3 is 2.71 bits per heavy atom. The normalized spacial score (nSPS) is 19.4. The predicted octanol–water partition coefficient (Wildman–Crippen LogP) is 2.62. The lowest BCUT2D eigenvalue weighted by Crippen LogP contribution is -2.49. The van der Waals surface area contributed by atoms with Crippen molar-refractivity contribution >= 4 is 11.8 Å². The lowest BCUT2D eigenvalue weighted by molar-refractivity contribution is -0.143. The lowest BCUT2D eigenvalue weighted by atomic mass is 9.81. The first kappa shape index (κ1) is 23.1. The Bertz CT molecular complexity index is 831. The standard InChI is InChI=1S/C22H35N7O2/c1-14(2)10-18(21(30)31)17(20-25-27-28-26-20)11-15-7-8-19(24-12-15)29-9-5-6-16(13-29)22(3,4)23/h7-8,12,14,16-18H,5-6,9-11,13,23H2,1-4H3,(H,30,31)(H,25,26,27,28). The molecule has 0 radical (unpaired) electrons. The Labute approximate surface area is 183 Å². The van der Waals surface area contributed by atoms with Crippen LogP contribution in [0.5, 0.6) is 0 Å². The Balaban J connectivity index is 1.76. The number of hydrogen-bond donors (Lipinski definition) is 3. The number of pyridine rings is 1. The number of tetrazole rings is 1. The van der Waals surface area contributed by atoms with Gasteiger partial charge in [0.2, 0.25) is 0 Å². The fraction of sp³-hybridized carbons (Fsp3) is 0.682. The zero-order valence-corrected chi connectivity index (χ0v) is 19.0. The van der Waals surface area contributed by atoms with E-state index in [4.69, 9.17) is 10.7 Å². The number of anilines is 1. The summed E-state index contributed by atoms with van der Waals surface area (Å²) in [5.74, 6) is 0.243. The van der Waals surface area contributed by atoms with Gasteiger partial charge >= 0.3 is 5.97 Å². The molecule has 1 aliphatic heterocycles. The number of H-pyrrole nitrogens is 1. The van der Waals surface area contributed by atoms with E-state index in [0.717, 1.165) is 37.3 Å². The van der Waals surface area contributed by atoms with Crippen molar-refractivity contribution in [2.75, 3.05) is 18.0 Å². The van der Waals surface area contributed by atoms with Crippen molar-refractivity contribution in [1.29, 1.82) is 0 Å². The van der Waals surface area contributed by atoms with Gasteiger partial charge in [0, 0.05) is 30.7 Å². The van der Waals surface area contributed by atoms with Crippen LogP contribution in [0.15, 0.2) is 18.3 Å². The van der Waals surface area contributed by atoms with Crippen LogP contribution in [0.3, 0.4) is 0 Å². The Morgan fingerprint density at radius 2 is 2.16 bits per heavy atom. The number of piperidine rings is 1. The van der Waals surface area contributed by atoms with Crippen molar-refractivity contribution in [2.24, 2.45) is 23.5 Å². The average Bonchev–Trinajstić information content (AvgIpc) is 3.25. The van der Waals surface area contributed by atoms with Crippen LogP contribution in [0.25, 0.3) is 0 Å². The average molecular weight is 430 g/mol. The van der Waals surface area contributed by atoms with E-state index in [-0.39, 0.29) is 17.4 Å². The summed E-state index contributed by atoms with van der Waals surface area (Å²) in [6, 6.07) is 4.05. The van der Waals surface area contributed by atoms with E-state index >= 15 is 0 Å². The van der Waals surface area contributed by atoms with Gasteiger partial charge < -0.3 is 15.7 Å². The SMILES string of the molecule is CC(C)CC(C(=O)O)C(Cc1ccc(N2CCCC(C(C)(C)N)C2)nc1)c1nn[nH]n1. The van der Waals surface area contributed by atoms with E-state index in [1.165, 1.54) is 0 Å². The van der Waals surface area contributed by atoms with E-state index in [1.807, 2.05) is 32.2 Å². The summed E-state index contributed by atoms with van der Waals surface area (Å²) in [5.41, 5.74) is 7.10. The van der Waals surface area contributed by atoms with Crippen molar-refractivity contribution < 1.29 is 9.90 Å². The summed E-state index contributed by atoms with van der Waals surface area (Å²) in [6.45, 7) is 10.1. The van der Waals surface area contributed by atoms with Gasteiger partial charge in [-0.05, 0) is 63.0 Å². The summed E-state index contributed by atoms with van der Waals surface area (Å²) in [5, 5.41) is 24.1. The van der Waals surface area contributed by atoms with Gasteiger partial charge in [0.05, 0.1) is 5.92 Å². The van der Waals surface area contributed by atoms with Crippen LogP contribution in [-0.2, 0) is 11.2 Å². The second-order valence-electron chi connectivity index (χ2n) is 9.79. The molecule has 3 atom stereocenters. The second kappa shape index (κ2) is 9.72. The molecule has 170 valence electrons. The van der Waals surface area contributed by atoms with Gasteiger partial charge in [-0.1, -0.05) is 25.1 Å². The number of carboxylic acid groups (broad SMARTS) is 1. The van der Waals surface area contributed by atoms with Crippen LogP contribution >= 0.6 is 0 Å². The molecule has 0 bridgehead atoms. The number of rotatable bonds is 9. The largest absolute Gasteiger partial charge is 0.481 e. The van der Waals surface area contributed by atoms with Crippen LogP contribution in [0.2, 0.25) is 0 Å². The quantitative estimate of drug-likeness (QED) is 0.554. The Hall–Kier alpha value is -2.55. The summed E-state index contributed by atoms with van der Waals surface area (Å²) < 4.78 is 0. The first-order valence-corrected chi connectivity index (χ1v) is 11.1. The molecule has 9 heteroatoms. The maximum absolute atomic E-state index is 12.0. The van der Waals surface area contributed by atoms with Crippen LogP contribution in [0.1, 0.15) is 64.3 Å². The van der Waals surface area contributed by atoms with Crippen LogP contribution < -0.4 is 10.6 Å². The van der Waals surface area contributed by atoms with Crippen molar-refractivity contribution in [3.8, 4) is 0 Å². The van der Waals surface area contributed by atoms with E-state index in [9.17, 15) is 9.90 Å². The molecule has 3 heterocycles. The van der Waals surface area contributed by atoms with Crippen molar-refractivity contribution in [1.82, 2.24) is 25.6 Å². The van der Waals surface area contributed by atoms with Gasteiger partial charge in [0.25, 0.3) is 0 Å². The summed E-state index contributed by atoms with van der Waals surface area (Å²) in [6.07, 6.45) is 5.12. The number of aromatic nitrogens is 5. The van der Waals surface area contributed by atoms with Crippen molar-refractivity contribution in [3.63, 3.8) is 0 Å². The molecule has 4 N–H and O–H groups in total. The highest BCUT2D eigenvalue weighted by molar-refractivity contribution is 5.71. The van der Waals surface area contributed by atoms with Gasteiger partial charge in [-0.15, -0.1) is 10.2 Å². The first-order valence-electron chi connectivity index (χ1n) is 11.1. The molecular weight excluding hydrogens is 394 g/mol. The highest BCUT2D eigenvalue weighted by atomic mass is 16.4. The van der Waals surface area contributed by atoms with Gasteiger partial charge in [-0.2, -0.15) is 5.21 Å². The first-order chi connectivity index (χ1) is 14.6. The number of nitrogens with one attached hydrogen (secondary N) is 1. The van der Waals surface area contributed by atoms with Crippen LogP contribution in [0.4, 0.5) is 5.82 Å². The topological polar surface area (TPSA) is 134 Å². The molecule has 0 spiro atoms. The zero-order valence-electron chi connectivity index (χ0n) is 19.0. The van der Waals surface area contributed by atoms with Gasteiger partial charge in [0.1, 0.15) is 5.82 Å². The fourth-order valence-corrected chi connectivity index (χ4v) is 4.46. The molecule has 3 unspecified atom stereocenters. The molecule has 0 amide bonds. The third-order valence-electron chi connectivity index (χ3n) is 6.28. The molecule has 1 saturated heterocycles. The molecule has 31 heavy (non-hydrogen) atoms. The number of carboxylic acids is 1. The minimum atomic E-state index is -0.836. The second-order valence-corrected chi connectivity index (χ2v) is 9.79. The molecule has 1 fully saturated rings. The number of aromatic amines is 1. The maximum atomic E-state index is 12.0. The summed E-state index contributed by atoms with van der Waals surface area (Å²) >= 11 is 0. The Morgan fingerprint density at radius 1 is 1.39 bits per heavy atom. The lowest BCUT2D eigenvalue weighted by Gasteiger charge is -2.40. The molecule has 2 aromatic heterocycles. The zero-order chi connectivity index (χ0) is 22.6. The monoisotopic (exact) mass is 429 g/mol. The number of hydrogen-bond acceptors (Lipinski definition) is 7. The third-order valence-corrected chi connectivity index (χ3v) is 6.28. The van der Waals surface area contributed by atoms with E-state index in [0.29, 0.717) is 24.6 Å². The summed E-state index contributed by atoms with van der Waals surface area (Å²) in [7, 11) is 0. The number of nitrogens with two attached hydrogens (primary N) is 1. The Kier molecular flexibility index (Phi) is 7.25. The molecule has 0 saturated carbocycles. The molecule has 2 aromatic rings. The molecule has 9 nitrogen and oxygen atoms in total. The van der Waals surface area contributed by atoms with Crippen molar-refractivity contribution in [3.05, 3.63) is 29.7 Å². The predicted molar refractivity (Wildman–Crippen MR) is 119 cm³/mol. The third kappa shape index (κ3) is 6.00. The number of carbonyl (C=O) groups is 1. The van der Waals surface area contributed by atoms with E-state index in [2.05, 4.69) is 39.4 Å². The minimum Gasteiger partial charge on any atom is -0.481 e. The molecule has 1 aliphatic rings. The van der Waals surface area contributed by atoms with E-state index < -0.39 is 11.9 Å². The highest BCUT2D eigenvalue weighted by Crippen LogP contribution is 2.32. The minimum absolute atomic E-state index is 0.210. The molecule has 0 aromatic carbocycles. The molecule has 0 aliphatic carbocycles. The van der Waals surface area contributed by atoms with Crippen LogP contribution in [0, 0.1) is 17.8 Å². The van der Waals surface area contributed by atoms with E-state index in [1.54, 1.807) is 0 Å². The fourth-order valence-electron chi connectivity index (χ4n) is 4.46. The number of aliphatic carboxylic acids is 1. The van der Waals surface area contributed by atoms with Gasteiger partial charge in [-0.3, -0.25) is 4.79 Å². The summed E-state index contributed by atoms with van der Waals surface area (Å²) in [4.78, 5) is 19.0.